The number of nitrogens with zero attached hydrogens (tertiary/aromatic N) is 5. The first-order valence-electron chi connectivity index (χ1n) is 11.9. The number of hydrogen-bond acceptors (Lipinski definition) is 5. The fraction of sp³-hybridized carbons (Fsp3) is 0.407. The van der Waals surface area contributed by atoms with Crippen LogP contribution in [0.25, 0.3) is 10.9 Å². The van der Waals surface area contributed by atoms with Crippen LogP contribution in [0, 0.1) is 18.7 Å². The highest BCUT2D eigenvalue weighted by molar-refractivity contribution is 5.81. The van der Waals surface area contributed by atoms with Gasteiger partial charge in [-0.3, -0.25) is 9.69 Å². The molecule has 0 spiro atoms. The molecule has 0 aliphatic heterocycles. The number of fused-ring (bicyclic) bond motifs is 1. The van der Waals surface area contributed by atoms with Crippen molar-refractivity contribution in [3.05, 3.63) is 87.2 Å². The van der Waals surface area contributed by atoms with Gasteiger partial charge in [0.2, 0.25) is 0 Å². The lowest BCUT2D eigenvalue weighted by Gasteiger charge is -2.35. The number of aromatic amines is 1. The topological polar surface area (TPSA) is 79.7 Å². The van der Waals surface area contributed by atoms with Gasteiger partial charge in [0.05, 0.1) is 17.1 Å². The second kappa shape index (κ2) is 9.70. The highest BCUT2D eigenvalue weighted by Crippen LogP contribution is 2.32. The van der Waals surface area contributed by atoms with E-state index in [-0.39, 0.29) is 28.9 Å². The Morgan fingerprint density at radius 2 is 1.80 bits per heavy atom. The minimum absolute atomic E-state index is 0.117. The number of pyridine rings is 1. The number of tetrazole rings is 1. The Bertz CT molecular complexity index is 1370. The third kappa shape index (κ3) is 5.32. The van der Waals surface area contributed by atoms with Crippen molar-refractivity contribution in [2.24, 2.45) is 5.92 Å². The van der Waals surface area contributed by atoms with Crippen molar-refractivity contribution in [2.45, 2.75) is 66.2 Å². The van der Waals surface area contributed by atoms with Gasteiger partial charge in [-0.15, -0.1) is 5.10 Å². The van der Waals surface area contributed by atoms with Gasteiger partial charge in [-0.2, -0.15) is 0 Å². The predicted octanol–water partition coefficient (Wildman–Crippen LogP) is 5.12. The van der Waals surface area contributed by atoms with Gasteiger partial charge in [-0.25, -0.2) is 9.07 Å². The van der Waals surface area contributed by atoms with E-state index in [1.165, 1.54) is 12.1 Å². The van der Waals surface area contributed by atoms with Crippen molar-refractivity contribution in [3.8, 4) is 0 Å². The molecular weight excluding hydrogens is 443 g/mol. The Morgan fingerprint density at radius 3 is 2.46 bits per heavy atom. The van der Waals surface area contributed by atoms with Gasteiger partial charge >= 0.3 is 0 Å². The molecule has 0 fully saturated rings. The molecule has 0 unspecified atom stereocenters. The first-order chi connectivity index (χ1) is 16.5. The molecular formula is C27H33FN6O. The van der Waals surface area contributed by atoms with Crippen LogP contribution in [-0.2, 0) is 18.6 Å². The fourth-order valence-electron chi connectivity index (χ4n) is 4.58. The SMILES string of the molecule is Cc1cccc2cc(CN(Cc3ccc(F)cc3)[C@H](c3nnnn3C(C)(C)C)C(C)C)c(=O)[nH]c12. The first kappa shape index (κ1) is 24.7. The molecule has 0 amide bonds. The zero-order chi connectivity index (χ0) is 25.3. The average Bonchev–Trinajstić information content (AvgIpc) is 3.26. The summed E-state index contributed by atoms with van der Waals surface area (Å²) in [6, 6.07) is 14.2. The zero-order valence-corrected chi connectivity index (χ0v) is 21.2. The maximum atomic E-state index is 13.6. The van der Waals surface area contributed by atoms with Crippen LogP contribution in [0.4, 0.5) is 4.39 Å². The minimum atomic E-state index is -0.314. The molecule has 0 saturated heterocycles. The average molecular weight is 477 g/mol. The lowest BCUT2D eigenvalue weighted by Crippen LogP contribution is -2.37. The largest absolute Gasteiger partial charge is 0.321 e. The highest BCUT2D eigenvalue weighted by Gasteiger charge is 2.33. The molecule has 2 heterocycles. The van der Waals surface area contributed by atoms with Crippen molar-refractivity contribution < 1.29 is 4.39 Å². The van der Waals surface area contributed by atoms with Gasteiger partial charge in [0.1, 0.15) is 5.82 Å². The zero-order valence-electron chi connectivity index (χ0n) is 21.2. The normalized spacial score (nSPS) is 13.2. The summed E-state index contributed by atoms with van der Waals surface area (Å²) in [6.07, 6.45) is 0. The molecule has 0 aliphatic rings. The molecule has 8 heteroatoms. The molecule has 1 N–H and O–H groups in total. The summed E-state index contributed by atoms with van der Waals surface area (Å²) >= 11 is 0. The number of H-pyrrole nitrogens is 1. The van der Waals surface area contributed by atoms with Crippen molar-refractivity contribution in [2.75, 3.05) is 0 Å². The molecule has 0 saturated carbocycles. The van der Waals surface area contributed by atoms with Crippen LogP contribution in [0.2, 0.25) is 0 Å². The van der Waals surface area contributed by atoms with E-state index in [2.05, 4.69) is 60.0 Å². The molecule has 184 valence electrons. The van der Waals surface area contributed by atoms with E-state index in [4.69, 9.17) is 0 Å². The van der Waals surface area contributed by atoms with E-state index in [1.54, 1.807) is 12.1 Å². The van der Waals surface area contributed by atoms with Gasteiger partial charge in [-0.1, -0.05) is 44.2 Å². The Hall–Kier alpha value is -3.39. The molecule has 1 atom stereocenters. The van der Waals surface area contributed by atoms with Crippen LogP contribution >= 0.6 is 0 Å². The quantitative estimate of drug-likeness (QED) is 0.401. The third-order valence-corrected chi connectivity index (χ3v) is 6.26. The van der Waals surface area contributed by atoms with Crippen LogP contribution < -0.4 is 5.56 Å². The molecule has 2 aromatic carbocycles. The van der Waals surface area contributed by atoms with Crippen LogP contribution in [0.5, 0.6) is 0 Å². The number of halogens is 1. The molecule has 35 heavy (non-hydrogen) atoms. The highest BCUT2D eigenvalue weighted by atomic mass is 19.1. The molecule has 0 radical (unpaired) electrons. The van der Waals surface area contributed by atoms with Gasteiger partial charge in [0.15, 0.2) is 5.82 Å². The maximum Gasteiger partial charge on any atom is 0.252 e. The van der Waals surface area contributed by atoms with Crippen molar-refractivity contribution >= 4 is 10.9 Å². The lowest BCUT2D eigenvalue weighted by molar-refractivity contribution is 0.119. The summed E-state index contributed by atoms with van der Waals surface area (Å²) in [7, 11) is 0. The van der Waals surface area contributed by atoms with Gasteiger partial charge in [0.25, 0.3) is 5.56 Å². The van der Waals surface area contributed by atoms with Crippen LogP contribution in [0.3, 0.4) is 0 Å². The van der Waals surface area contributed by atoms with Gasteiger partial charge < -0.3 is 4.98 Å². The number of para-hydroxylation sites is 1. The summed E-state index contributed by atoms with van der Waals surface area (Å²) < 4.78 is 15.5. The summed E-state index contributed by atoms with van der Waals surface area (Å²) in [5.41, 5.74) is 3.05. The monoisotopic (exact) mass is 476 g/mol. The minimum Gasteiger partial charge on any atom is -0.321 e. The second-order valence-corrected chi connectivity index (χ2v) is 10.5. The number of benzene rings is 2. The van der Waals surface area contributed by atoms with E-state index in [9.17, 15) is 9.18 Å². The number of rotatable bonds is 7. The fourth-order valence-corrected chi connectivity index (χ4v) is 4.58. The number of aromatic nitrogens is 5. The number of aryl methyl sites for hydroxylation is 1. The van der Waals surface area contributed by atoms with Crippen LogP contribution in [0.15, 0.2) is 53.3 Å². The van der Waals surface area contributed by atoms with Gasteiger partial charge in [0, 0.05) is 18.7 Å². The Morgan fingerprint density at radius 1 is 1.09 bits per heavy atom. The van der Waals surface area contributed by atoms with E-state index >= 15 is 0 Å². The Labute approximate surface area is 205 Å². The summed E-state index contributed by atoms with van der Waals surface area (Å²) in [4.78, 5) is 18.4. The van der Waals surface area contributed by atoms with Crippen molar-refractivity contribution in [3.63, 3.8) is 0 Å². The summed E-state index contributed by atoms with van der Waals surface area (Å²) in [6.45, 7) is 13.3. The molecule has 0 aliphatic carbocycles. The molecule has 0 bridgehead atoms. The van der Waals surface area contributed by atoms with E-state index in [0.29, 0.717) is 18.7 Å². The van der Waals surface area contributed by atoms with Crippen molar-refractivity contribution in [1.82, 2.24) is 30.1 Å². The lowest BCUT2D eigenvalue weighted by atomic mass is 9.98. The molecule has 7 nitrogen and oxygen atoms in total. The van der Waals surface area contributed by atoms with E-state index in [0.717, 1.165) is 27.9 Å². The second-order valence-electron chi connectivity index (χ2n) is 10.5. The Balaban J connectivity index is 1.81. The van der Waals surface area contributed by atoms with Crippen LogP contribution in [-0.4, -0.2) is 30.1 Å². The van der Waals surface area contributed by atoms with Crippen LogP contribution in [0.1, 0.15) is 63.2 Å². The van der Waals surface area contributed by atoms with Crippen molar-refractivity contribution in [1.29, 1.82) is 0 Å². The third-order valence-electron chi connectivity index (χ3n) is 6.26. The Kier molecular flexibility index (Phi) is 6.85. The summed E-state index contributed by atoms with van der Waals surface area (Å²) in [5.74, 6) is 0.603. The molecule has 4 rings (SSSR count). The molecule has 4 aromatic rings. The maximum absolute atomic E-state index is 13.6. The molecule has 2 aromatic heterocycles. The van der Waals surface area contributed by atoms with E-state index < -0.39 is 0 Å². The first-order valence-corrected chi connectivity index (χ1v) is 11.9. The standard InChI is InChI=1S/C27H33FN6O/c1-17(2)24(25-30-31-32-34(25)27(4,5)6)33(15-19-10-12-22(28)13-11-19)16-21-14-20-9-7-8-18(3)23(20)29-26(21)35/h7-14,17,24H,15-16H2,1-6H3,(H,29,35)/t24-/m0/s1. The van der Waals surface area contributed by atoms with E-state index in [1.807, 2.05) is 35.9 Å². The predicted molar refractivity (Wildman–Crippen MR) is 135 cm³/mol. The summed E-state index contributed by atoms with van der Waals surface area (Å²) in [5, 5.41) is 13.7. The number of hydrogen-bond donors (Lipinski definition) is 1. The van der Waals surface area contributed by atoms with Gasteiger partial charge in [-0.05, 0) is 78.8 Å². The number of nitrogens with one attached hydrogen (secondary N) is 1. The smallest absolute Gasteiger partial charge is 0.252 e.